The van der Waals surface area contributed by atoms with Crippen molar-refractivity contribution in [3.05, 3.63) is 0 Å². The fraction of sp³-hybridized carbons (Fsp3) is 0.800. The van der Waals surface area contributed by atoms with E-state index >= 15 is 0 Å². The van der Waals surface area contributed by atoms with Crippen molar-refractivity contribution in [3.63, 3.8) is 0 Å². The Morgan fingerprint density at radius 3 is 1.67 bits per heavy atom. The lowest BCUT2D eigenvalue weighted by Gasteiger charge is -2.16. The van der Waals surface area contributed by atoms with Crippen LogP contribution in [0.5, 0.6) is 0 Å². The molecule has 15 heavy (non-hydrogen) atoms. The van der Waals surface area contributed by atoms with Gasteiger partial charge in [0.1, 0.15) is 0 Å². The summed E-state index contributed by atoms with van der Waals surface area (Å²) in [5.74, 6) is 0. The molecule has 0 saturated carbocycles. The third kappa shape index (κ3) is 7.48. The Kier molecular flexibility index (Phi) is 9.79. The van der Waals surface area contributed by atoms with Crippen LogP contribution in [0, 0.1) is 0 Å². The largest absolute Gasteiger partial charge is 0.330 e. The van der Waals surface area contributed by atoms with E-state index in [2.05, 4.69) is 58.6 Å². The first-order valence-corrected chi connectivity index (χ1v) is 5.89. The van der Waals surface area contributed by atoms with Crippen molar-refractivity contribution >= 4 is 34.8 Å². The van der Waals surface area contributed by atoms with Crippen molar-refractivity contribution in [2.45, 2.75) is 52.0 Å². The van der Waals surface area contributed by atoms with Gasteiger partial charge in [-0.1, -0.05) is 26.7 Å². The van der Waals surface area contributed by atoms with Gasteiger partial charge in [-0.15, -0.1) is 0 Å². The van der Waals surface area contributed by atoms with Gasteiger partial charge in [0, 0.05) is 0 Å². The SMILES string of the molecule is CCCC(N=C=S)OC(CCC)N=C=S. The van der Waals surface area contributed by atoms with Crippen molar-refractivity contribution in [2.75, 3.05) is 0 Å². The molecule has 2 unspecified atom stereocenters. The molecule has 0 aliphatic heterocycles. The van der Waals surface area contributed by atoms with Crippen LogP contribution >= 0.6 is 24.4 Å². The maximum absolute atomic E-state index is 5.62. The molecule has 0 heterocycles. The van der Waals surface area contributed by atoms with Crippen LogP contribution in [-0.4, -0.2) is 22.8 Å². The minimum Gasteiger partial charge on any atom is -0.330 e. The van der Waals surface area contributed by atoms with E-state index in [0.29, 0.717) is 0 Å². The van der Waals surface area contributed by atoms with E-state index in [1.807, 2.05) is 0 Å². The highest BCUT2D eigenvalue weighted by atomic mass is 32.1. The summed E-state index contributed by atoms with van der Waals surface area (Å²) in [6.07, 6.45) is 3.08. The lowest BCUT2D eigenvalue weighted by Crippen LogP contribution is -2.18. The number of ether oxygens (including phenoxy) is 1. The number of aliphatic imine (C=N–C) groups is 2. The van der Waals surface area contributed by atoms with Crippen molar-refractivity contribution < 1.29 is 4.74 Å². The summed E-state index contributed by atoms with van der Waals surface area (Å²) in [7, 11) is 0. The summed E-state index contributed by atoms with van der Waals surface area (Å²) in [5, 5.41) is 4.67. The zero-order chi connectivity index (χ0) is 11.5. The second kappa shape index (κ2) is 10.1. The summed E-state index contributed by atoms with van der Waals surface area (Å²) in [6, 6.07) is 0. The molecule has 0 aliphatic carbocycles. The number of rotatable bonds is 8. The molecule has 0 N–H and O–H groups in total. The molecular formula is C10H16N2OS2. The molecule has 84 valence electrons. The van der Waals surface area contributed by atoms with E-state index in [1.165, 1.54) is 0 Å². The van der Waals surface area contributed by atoms with Gasteiger partial charge in [-0.3, -0.25) is 0 Å². The molecule has 0 bridgehead atoms. The topological polar surface area (TPSA) is 34.0 Å². The third-order valence-electron chi connectivity index (χ3n) is 1.78. The zero-order valence-electron chi connectivity index (χ0n) is 9.10. The highest BCUT2D eigenvalue weighted by Crippen LogP contribution is 2.11. The molecule has 0 aromatic carbocycles. The summed E-state index contributed by atoms with van der Waals surface area (Å²) < 4.78 is 5.62. The first kappa shape index (κ1) is 14.6. The summed E-state index contributed by atoms with van der Waals surface area (Å²) in [6.45, 7) is 4.12. The van der Waals surface area contributed by atoms with Crippen molar-refractivity contribution in [1.82, 2.24) is 0 Å². The van der Waals surface area contributed by atoms with Gasteiger partial charge < -0.3 is 4.74 Å². The van der Waals surface area contributed by atoms with Crippen molar-refractivity contribution in [1.29, 1.82) is 0 Å². The Balaban J connectivity index is 4.30. The van der Waals surface area contributed by atoms with Crippen LogP contribution < -0.4 is 0 Å². The van der Waals surface area contributed by atoms with Gasteiger partial charge in [-0.05, 0) is 37.3 Å². The standard InChI is InChI=1S/C10H16N2OS2/c1-3-5-9(11-7-14)13-10(6-4-2)12-8-15/h9-10H,3-6H2,1-2H3. The molecule has 0 saturated heterocycles. The molecule has 5 heteroatoms. The first-order chi connectivity index (χ1) is 7.28. The molecule has 0 rings (SSSR count). The van der Waals surface area contributed by atoms with Gasteiger partial charge in [-0.2, -0.15) is 0 Å². The van der Waals surface area contributed by atoms with Crippen LogP contribution in [0.25, 0.3) is 0 Å². The van der Waals surface area contributed by atoms with Crippen LogP contribution in [0.1, 0.15) is 39.5 Å². The molecule has 2 atom stereocenters. The molecular weight excluding hydrogens is 228 g/mol. The molecule has 0 amide bonds. The smallest absolute Gasteiger partial charge is 0.160 e. The highest BCUT2D eigenvalue weighted by Gasteiger charge is 2.12. The lowest BCUT2D eigenvalue weighted by atomic mass is 10.3. The first-order valence-electron chi connectivity index (χ1n) is 5.07. The second-order valence-corrected chi connectivity index (χ2v) is 3.43. The van der Waals surface area contributed by atoms with Crippen molar-refractivity contribution in [2.24, 2.45) is 9.98 Å². The Hall–Kier alpha value is -0.440. The molecule has 0 spiro atoms. The van der Waals surface area contributed by atoms with Crippen LogP contribution in [0.15, 0.2) is 9.98 Å². The minimum atomic E-state index is -0.254. The Morgan fingerprint density at radius 2 is 1.40 bits per heavy atom. The Morgan fingerprint density at radius 1 is 1.00 bits per heavy atom. The number of hydrogen-bond acceptors (Lipinski definition) is 5. The van der Waals surface area contributed by atoms with Crippen LogP contribution in [0.4, 0.5) is 0 Å². The third-order valence-corrected chi connectivity index (χ3v) is 1.99. The number of isothiocyanates is 2. The summed E-state index contributed by atoms with van der Waals surface area (Å²) >= 11 is 9.12. The second-order valence-electron chi connectivity index (χ2n) is 3.06. The normalized spacial score (nSPS) is 13.5. The van der Waals surface area contributed by atoms with Gasteiger partial charge in [0.05, 0.1) is 10.3 Å². The highest BCUT2D eigenvalue weighted by molar-refractivity contribution is 7.78. The van der Waals surface area contributed by atoms with E-state index in [4.69, 9.17) is 4.74 Å². The molecule has 3 nitrogen and oxygen atoms in total. The van der Waals surface area contributed by atoms with Gasteiger partial charge >= 0.3 is 0 Å². The van der Waals surface area contributed by atoms with E-state index in [9.17, 15) is 0 Å². The molecule has 0 aromatic rings. The zero-order valence-corrected chi connectivity index (χ0v) is 10.7. The predicted octanol–water partition coefficient (Wildman–Crippen LogP) is 3.46. The molecule has 0 aromatic heterocycles. The summed E-state index contributed by atoms with van der Waals surface area (Å²) in [5.41, 5.74) is 0. The maximum atomic E-state index is 5.62. The monoisotopic (exact) mass is 244 g/mol. The fourth-order valence-electron chi connectivity index (χ4n) is 1.12. The Labute approximate surface area is 102 Å². The minimum absolute atomic E-state index is 0.254. The average Bonchev–Trinajstić information content (AvgIpc) is 2.19. The predicted molar refractivity (Wildman–Crippen MR) is 68.5 cm³/mol. The number of thiocarbonyl (C=S) groups is 2. The van der Waals surface area contributed by atoms with Gasteiger partial charge in [0.25, 0.3) is 0 Å². The fourth-order valence-corrected chi connectivity index (χ4v) is 1.35. The van der Waals surface area contributed by atoms with E-state index in [-0.39, 0.29) is 12.5 Å². The molecule has 0 fully saturated rings. The quantitative estimate of drug-likeness (QED) is 0.484. The Bertz CT molecular complexity index is 232. The van der Waals surface area contributed by atoms with E-state index in [1.54, 1.807) is 0 Å². The van der Waals surface area contributed by atoms with Crippen LogP contribution in [0.2, 0.25) is 0 Å². The lowest BCUT2D eigenvalue weighted by molar-refractivity contribution is -0.0100. The maximum Gasteiger partial charge on any atom is 0.160 e. The van der Waals surface area contributed by atoms with E-state index in [0.717, 1.165) is 25.7 Å². The summed E-state index contributed by atoms with van der Waals surface area (Å²) in [4.78, 5) is 7.88. The van der Waals surface area contributed by atoms with E-state index < -0.39 is 0 Å². The number of hydrogen-bond donors (Lipinski definition) is 0. The average molecular weight is 244 g/mol. The van der Waals surface area contributed by atoms with Crippen molar-refractivity contribution in [3.8, 4) is 0 Å². The van der Waals surface area contributed by atoms with Gasteiger partial charge in [-0.25, -0.2) is 9.98 Å². The van der Waals surface area contributed by atoms with Crippen LogP contribution in [-0.2, 0) is 4.74 Å². The number of nitrogens with zero attached hydrogens (tertiary/aromatic N) is 2. The molecule has 0 aliphatic rings. The molecule has 0 radical (unpaired) electrons. The van der Waals surface area contributed by atoms with Crippen LogP contribution in [0.3, 0.4) is 0 Å². The van der Waals surface area contributed by atoms with Gasteiger partial charge in [0.15, 0.2) is 12.5 Å². The van der Waals surface area contributed by atoms with Gasteiger partial charge in [0.2, 0.25) is 0 Å².